The highest BCUT2D eigenvalue weighted by molar-refractivity contribution is 7.90. The maximum absolute atomic E-state index is 11.0. The Hall–Kier alpha value is -0.130. The molecule has 1 atom stereocenters. The van der Waals surface area contributed by atoms with Gasteiger partial charge < -0.3 is 10.4 Å². The zero-order chi connectivity index (χ0) is 12.1. The van der Waals surface area contributed by atoms with Crippen LogP contribution >= 0.6 is 0 Å². The average molecular weight is 237 g/mol. The van der Waals surface area contributed by atoms with Crippen LogP contribution in [0.25, 0.3) is 0 Å². The lowest BCUT2D eigenvalue weighted by Gasteiger charge is -2.26. The van der Waals surface area contributed by atoms with Gasteiger partial charge in [-0.3, -0.25) is 0 Å². The largest absolute Gasteiger partial charge is 0.396 e. The Morgan fingerprint density at radius 2 is 1.93 bits per heavy atom. The lowest BCUT2D eigenvalue weighted by atomic mass is 9.89. The molecule has 92 valence electrons. The maximum Gasteiger partial charge on any atom is 0.148 e. The van der Waals surface area contributed by atoms with E-state index in [0.29, 0.717) is 13.0 Å². The van der Waals surface area contributed by atoms with E-state index in [4.69, 9.17) is 5.11 Å². The van der Waals surface area contributed by atoms with Crippen molar-refractivity contribution in [1.82, 2.24) is 5.32 Å². The normalized spacial score (nSPS) is 15.3. The third kappa shape index (κ3) is 8.84. The van der Waals surface area contributed by atoms with Crippen LogP contribution in [0.5, 0.6) is 0 Å². The summed E-state index contributed by atoms with van der Waals surface area (Å²) in [5.74, 6) is 0.155. The predicted octanol–water partition coefficient (Wildman–Crippen LogP) is 0.418. The van der Waals surface area contributed by atoms with Crippen LogP contribution in [-0.4, -0.2) is 44.7 Å². The van der Waals surface area contributed by atoms with Crippen molar-refractivity contribution in [3.63, 3.8) is 0 Å². The van der Waals surface area contributed by atoms with Gasteiger partial charge in [-0.05, 0) is 18.8 Å². The summed E-state index contributed by atoms with van der Waals surface area (Å²) in [7, 11) is -2.92. The van der Waals surface area contributed by atoms with Gasteiger partial charge in [0.15, 0.2) is 0 Å². The molecule has 0 bridgehead atoms. The summed E-state index contributed by atoms with van der Waals surface area (Å²) in [6.45, 7) is 6.82. The molecule has 0 aliphatic rings. The van der Waals surface area contributed by atoms with Crippen molar-refractivity contribution in [2.24, 2.45) is 5.41 Å². The minimum absolute atomic E-state index is 0.000509. The van der Waals surface area contributed by atoms with Crippen molar-refractivity contribution in [3.8, 4) is 0 Å². The molecule has 15 heavy (non-hydrogen) atoms. The van der Waals surface area contributed by atoms with Gasteiger partial charge in [0.05, 0.1) is 5.75 Å². The van der Waals surface area contributed by atoms with Gasteiger partial charge in [-0.25, -0.2) is 8.42 Å². The molecule has 0 heterocycles. The number of sulfone groups is 1. The van der Waals surface area contributed by atoms with Gasteiger partial charge in [-0.1, -0.05) is 13.8 Å². The lowest BCUT2D eigenvalue weighted by Crippen LogP contribution is -2.39. The third-order valence-corrected chi connectivity index (χ3v) is 3.38. The zero-order valence-electron chi connectivity index (χ0n) is 10.1. The average Bonchev–Trinajstić information content (AvgIpc) is 1.98. The minimum atomic E-state index is -2.92. The molecule has 0 aromatic rings. The molecule has 0 rings (SSSR count). The first-order valence-corrected chi connectivity index (χ1v) is 7.24. The summed E-state index contributed by atoms with van der Waals surface area (Å²) < 4.78 is 22.0. The first-order chi connectivity index (χ1) is 6.66. The molecule has 0 fully saturated rings. The quantitative estimate of drug-likeness (QED) is 0.673. The fourth-order valence-corrected chi connectivity index (χ4v) is 2.38. The fourth-order valence-electron chi connectivity index (χ4n) is 1.35. The van der Waals surface area contributed by atoms with Gasteiger partial charge >= 0.3 is 0 Å². The van der Waals surface area contributed by atoms with Crippen LogP contribution in [0.1, 0.15) is 27.2 Å². The van der Waals surface area contributed by atoms with Crippen molar-refractivity contribution in [1.29, 1.82) is 0 Å². The Bertz CT molecular complexity index is 272. The van der Waals surface area contributed by atoms with E-state index in [-0.39, 0.29) is 23.8 Å². The molecule has 0 aliphatic heterocycles. The summed E-state index contributed by atoms with van der Waals surface area (Å²) >= 11 is 0. The van der Waals surface area contributed by atoms with Crippen molar-refractivity contribution < 1.29 is 13.5 Å². The maximum atomic E-state index is 11.0. The van der Waals surface area contributed by atoms with Crippen molar-refractivity contribution in [2.45, 2.75) is 33.2 Å². The fraction of sp³-hybridized carbons (Fsp3) is 1.00. The monoisotopic (exact) mass is 237 g/mol. The molecule has 0 spiro atoms. The Labute approximate surface area is 93.0 Å². The van der Waals surface area contributed by atoms with E-state index in [1.165, 1.54) is 6.26 Å². The molecule has 0 amide bonds. The second-order valence-electron chi connectivity index (χ2n) is 5.01. The second-order valence-corrected chi connectivity index (χ2v) is 7.20. The topological polar surface area (TPSA) is 66.4 Å². The highest BCUT2D eigenvalue weighted by atomic mass is 32.2. The Morgan fingerprint density at radius 3 is 2.33 bits per heavy atom. The van der Waals surface area contributed by atoms with E-state index in [2.05, 4.69) is 5.32 Å². The predicted molar refractivity (Wildman–Crippen MR) is 62.7 cm³/mol. The molecule has 0 saturated heterocycles. The Morgan fingerprint density at radius 1 is 1.40 bits per heavy atom. The molecule has 0 aliphatic carbocycles. The molecule has 0 aromatic heterocycles. The van der Waals surface area contributed by atoms with Gasteiger partial charge in [0.2, 0.25) is 0 Å². The standard InChI is InChI=1S/C10H23NO3S/c1-9(7-15(4,13)14)11-8-10(2,3)5-6-12/h9,11-12H,5-8H2,1-4H3. The minimum Gasteiger partial charge on any atom is -0.396 e. The summed E-state index contributed by atoms with van der Waals surface area (Å²) in [4.78, 5) is 0. The van der Waals surface area contributed by atoms with Gasteiger partial charge in [-0.2, -0.15) is 0 Å². The number of hydrogen-bond donors (Lipinski definition) is 2. The molecular formula is C10H23NO3S. The van der Waals surface area contributed by atoms with E-state index in [0.717, 1.165) is 0 Å². The van der Waals surface area contributed by atoms with Gasteiger partial charge in [0.1, 0.15) is 9.84 Å². The molecule has 4 nitrogen and oxygen atoms in total. The zero-order valence-corrected chi connectivity index (χ0v) is 10.9. The van der Waals surface area contributed by atoms with Gasteiger partial charge in [0, 0.05) is 25.4 Å². The summed E-state index contributed by atoms with van der Waals surface area (Å²) in [6, 6.07) is -0.0435. The highest BCUT2D eigenvalue weighted by Gasteiger charge is 2.19. The Balaban J connectivity index is 3.95. The second kappa shape index (κ2) is 5.82. The smallest absolute Gasteiger partial charge is 0.148 e. The SMILES string of the molecule is CC(CS(C)(=O)=O)NCC(C)(C)CCO. The highest BCUT2D eigenvalue weighted by Crippen LogP contribution is 2.18. The molecule has 0 aromatic carbocycles. The number of nitrogens with one attached hydrogen (secondary N) is 1. The first kappa shape index (κ1) is 14.9. The van der Waals surface area contributed by atoms with Crippen molar-refractivity contribution >= 4 is 9.84 Å². The molecular weight excluding hydrogens is 214 g/mol. The van der Waals surface area contributed by atoms with E-state index in [1.807, 2.05) is 20.8 Å². The summed E-state index contributed by atoms with van der Waals surface area (Å²) in [5, 5.41) is 12.0. The first-order valence-electron chi connectivity index (χ1n) is 5.18. The van der Waals surface area contributed by atoms with Crippen LogP contribution < -0.4 is 5.32 Å². The number of rotatable bonds is 7. The third-order valence-electron chi connectivity index (χ3n) is 2.27. The van der Waals surface area contributed by atoms with Crippen molar-refractivity contribution in [2.75, 3.05) is 25.2 Å². The summed E-state index contributed by atoms with van der Waals surface area (Å²) in [5.41, 5.74) is 0.000509. The van der Waals surface area contributed by atoms with Crippen LogP contribution in [0, 0.1) is 5.41 Å². The summed E-state index contributed by atoms with van der Waals surface area (Å²) in [6.07, 6.45) is 1.95. The van der Waals surface area contributed by atoms with Crippen LogP contribution in [0.3, 0.4) is 0 Å². The molecule has 5 heteroatoms. The molecule has 0 saturated carbocycles. The van der Waals surface area contributed by atoms with Gasteiger partial charge in [0.25, 0.3) is 0 Å². The van der Waals surface area contributed by atoms with E-state index in [1.54, 1.807) is 0 Å². The number of hydrogen-bond acceptors (Lipinski definition) is 4. The molecule has 2 N–H and O–H groups in total. The van der Waals surface area contributed by atoms with Crippen LogP contribution in [0.2, 0.25) is 0 Å². The van der Waals surface area contributed by atoms with Crippen LogP contribution in [0.15, 0.2) is 0 Å². The van der Waals surface area contributed by atoms with Crippen molar-refractivity contribution in [3.05, 3.63) is 0 Å². The van der Waals surface area contributed by atoms with E-state index < -0.39 is 9.84 Å². The molecule has 1 unspecified atom stereocenters. The Kier molecular flexibility index (Phi) is 5.77. The van der Waals surface area contributed by atoms with E-state index in [9.17, 15) is 8.42 Å². The van der Waals surface area contributed by atoms with Gasteiger partial charge in [-0.15, -0.1) is 0 Å². The number of aliphatic hydroxyl groups is 1. The lowest BCUT2D eigenvalue weighted by molar-refractivity contribution is 0.204. The molecule has 0 radical (unpaired) electrons. The van der Waals surface area contributed by atoms with Crippen LogP contribution in [0.4, 0.5) is 0 Å². The number of aliphatic hydroxyl groups excluding tert-OH is 1. The van der Waals surface area contributed by atoms with Crippen LogP contribution in [-0.2, 0) is 9.84 Å². The van der Waals surface area contributed by atoms with E-state index >= 15 is 0 Å².